The lowest BCUT2D eigenvalue weighted by atomic mass is 9.79. The molecule has 8 heteroatoms. The molecule has 0 spiro atoms. The summed E-state index contributed by atoms with van der Waals surface area (Å²) in [6.07, 6.45) is 10.2. The fourth-order valence-electron chi connectivity index (χ4n) is 4.18. The molecule has 0 saturated heterocycles. The van der Waals surface area contributed by atoms with Crippen LogP contribution in [0.25, 0.3) is 16.7 Å². The van der Waals surface area contributed by atoms with Crippen LogP contribution >= 0.6 is 0 Å². The molecule has 2 aromatic heterocycles. The van der Waals surface area contributed by atoms with Crippen LogP contribution in [0.1, 0.15) is 51.9 Å². The summed E-state index contributed by atoms with van der Waals surface area (Å²) in [7, 11) is 0. The van der Waals surface area contributed by atoms with E-state index in [0.717, 1.165) is 30.4 Å². The van der Waals surface area contributed by atoms with Gasteiger partial charge in [0, 0.05) is 5.92 Å². The Morgan fingerprint density at radius 3 is 2.63 bits per heavy atom. The predicted octanol–water partition coefficient (Wildman–Crippen LogP) is 3.79. The Hall–Kier alpha value is -3.03. The van der Waals surface area contributed by atoms with Gasteiger partial charge in [-0.15, -0.1) is 0 Å². The van der Waals surface area contributed by atoms with Crippen molar-refractivity contribution in [2.24, 2.45) is 11.8 Å². The molecule has 1 aliphatic rings. The smallest absolute Gasteiger partial charge is 0.273 e. The third-order valence-corrected chi connectivity index (χ3v) is 5.97. The van der Waals surface area contributed by atoms with Crippen LogP contribution in [0, 0.1) is 17.7 Å². The van der Waals surface area contributed by atoms with Gasteiger partial charge in [0.1, 0.15) is 17.5 Å². The van der Waals surface area contributed by atoms with E-state index in [2.05, 4.69) is 22.4 Å². The molecule has 0 unspecified atom stereocenters. The Bertz CT molecular complexity index is 1080. The number of carbonyl (C=O) groups excluding carboxylic acids is 1. The highest BCUT2D eigenvalue weighted by atomic mass is 19.1. The summed E-state index contributed by atoms with van der Waals surface area (Å²) in [5.41, 5.74) is 3.26. The van der Waals surface area contributed by atoms with Crippen LogP contribution < -0.4 is 11.0 Å². The second-order valence-electron chi connectivity index (χ2n) is 8.03. The molecular formula is C22H26FN5O2. The van der Waals surface area contributed by atoms with Gasteiger partial charge >= 0.3 is 0 Å². The number of amides is 1. The number of hydrogen-bond acceptors (Lipinski definition) is 4. The average molecular weight is 411 g/mol. The third-order valence-electron chi connectivity index (χ3n) is 5.97. The van der Waals surface area contributed by atoms with Gasteiger partial charge in [-0.3, -0.25) is 15.0 Å². The molecule has 1 aliphatic carbocycles. The summed E-state index contributed by atoms with van der Waals surface area (Å²) in [6.45, 7) is 2.20. The van der Waals surface area contributed by atoms with Gasteiger partial charge in [-0.05, 0) is 55.9 Å². The van der Waals surface area contributed by atoms with Crippen LogP contribution in [0.3, 0.4) is 0 Å². The molecule has 7 nitrogen and oxygen atoms in total. The molecule has 3 aromatic rings. The van der Waals surface area contributed by atoms with Gasteiger partial charge < -0.3 is 0 Å². The van der Waals surface area contributed by atoms with Crippen molar-refractivity contribution < 1.29 is 9.18 Å². The van der Waals surface area contributed by atoms with Crippen molar-refractivity contribution in [2.45, 2.75) is 51.9 Å². The summed E-state index contributed by atoms with van der Waals surface area (Å²) in [5.74, 6) is 0.144. The van der Waals surface area contributed by atoms with Gasteiger partial charge in [-0.2, -0.15) is 5.10 Å². The first kappa shape index (κ1) is 20.3. The van der Waals surface area contributed by atoms with Crippen LogP contribution in [-0.2, 0) is 4.79 Å². The Morgan fingerprint density at radius 2 is 1.93 bits per heavy atom. The van der Waals surface area contributed by atoms with Crippen molar-refractivity contribution in [2.75, 3.05) is 5.43 Å². The number of halogens is 1. The number of rotatable bonds is 6. The van der Waals surface area contributed by atoms with Crippen molar-refractivity contribution in [3.05, 3.63) is 53.0 Å². The van der Waals surface area contributed by atoms with Crippen molar-refractivity contribution in [1.82, 2.24) is 19.4 Å². The molecular weight excluding hydrogens is 385 g/mol. The summed E-state index contributed by atoms with van der Waals surface area (Å²) < 4.78 is 15.8. The van der Waals surface area contributed by atoms with Gasteiger partial charge in [-0.25, -0.2) is 18.7 Å². The van der Waals surface area contributed by atoms with E-state index < -0.39 is 5.56 Å². The highest BCUT2D eigenvalue weighted by Gasteiger charge is 2.26. The lowest BCUT2D eigenvalue weighted by molar-refractivity contribution is -0.122. The van der Waals surface area contributed by atoms with E-state index in [1.807, 2.05) is 0 Å². The zero-order valence-electron chi connectivity index (χ0n) is 17.1. The van der Waals surface area contributed by atoms with Gasteiger partial charge in [0.2, 0.25) is 5.91 Å². The van der Waals surface area contributed by atoms with E-state index in [0.29, 0.717) is 17.3 Å². The average Bonchev–Trinajstić information content (AvgIpc) is 3.20. The minimum atomic E-state index is -0.390. The number of nitrogens with one attached hydrogen (secondary N) is 1. The number of fused-ring (bicyclic) bond motifs is 1. The number of carbonyl (C=O) groups is 1. The molecule has 0 bridgehead atoms. The van der Waals surface area contributed by atoms with Crippen LogP contribution in [0.4, 0.5) is 4.39 Å². The van der Waals surface area contributed by atoms with E-state index in [-0.39, 0.29) is 23.0 Å². The van der Waals surface area contributed by atoms with Gasteiger partial charge in [0.15, 0.2) is 5.65 Å². The quantitative estimate of drug-likeness (QED) is 0.669. The summed E-state index contributed by atoms with van der Waals surface area (Å²) in [5, 5.41) is 4.49. The van der Waals surface area contributed by atoms with E-state index in [9.17, 15) is 14.0 Å². The minimum absolute atomic E-state index is 0.0765. The molecule has 0 aliphatic heterocycles. The highest BCUT2D eigenvalue weighted by Crippen LogP contribution is 2.32. The Labute approximate surface area is 173 Å². The molecule has 30 heavy (non-hydrogen) atoms. The van der Waals surface area contributed by atoms with Crippen molar-refractivity contribution >= 4 is 16.9 Å². The predicted molar refractivity (Wildman–Crippen MR) is 112 cm³/mol. The molecule has 0 radical (unpaired) electrons. The maximum atomic E-state index is 13.2. The van der Waals surface area contributed by atoms with Crippen molar-refractivity contribution in [3.63, 3.8) is 0 Å². The zero-order chi connectivity index (χ0) is 21.1. The zero-order valence-corrected chi connectivity index (χ0v) is 17.1. The summed E-state index contributed by atoms with van der Waals surface area (Å²) in [6, 6.07) is 5.77. The standard InChI is InChI=1S/C22H26FN5O2/c1-2-3-4-15-5-7-16(8-6-15)21(29)26-27-14-24-20-19(22(27)30)13-25-28(20)18-11-9-17(23)10-12-18/h9-16H,2-8H2,1H3,(H,26,29). The number of benzene rings is 1. The van der Waals surface area contributed by atoms with Crippen molar-refractivity contribution in [3.8, 4) is 5.69 Å². The molecule has 4 rings (SSSR count). The normalized spacial score (nSPS) is 19.1. The Morgan fingerprint density at radius 1 is 1.20 bits per heavy atom. The molecule has 1 aromatic carbocycles. The lowest BCUT2D eigenvalue weighted by Crippen LogP contribution is -2.37. The molecule has 1 amide bonds. The van der Waals surface area contributed by atoms with Crippen LogP contribution in [0.2, 0.25) is 0 Å². The molecule has 1 N–H and O–H groups in total. The van der Waals surface area contributed by atoms with E-state index in [1.165, 1.54) is 48.6 Å². The maximum absolute atomic E-state index is 13.2. The first-order valence-electron chi connectivity index (χ1n) is 10.6. The number of nitrogens with zero attached hydrogens (tertiary/aromatic N) is 4. The SMILES string of the molecule is CCCCC1CCC(C(=O)Nn2cnc3c(cnn3-c3ccc(F)cc3)c2=O)CC1. The lowest BCUT2D eigenvalue weighted by Gasteiger charge is -2.27. The second-order valence-corrected chi connectivity index (χ2v) is 8.03. The molecule has 158 valence electrons. The first-order valence-corrected chi connectivity index (χ1v) is 10.6. The van der Waals surface area contributed by atoms with Crippen molar-refractivity contribution in [1.29, 1.82) is 0 Å². The van der Waals surface area contributed by atoms with Gasteiger partial charge in [-0.1, -0.05) is 26.2 Å². The molecule has 2 heterocycles. The van der Waals surface area contributed by atoms with E-state index in [1.54, 1.807) is 12.1 Å². The van der Waals surface area contributed by atoms with Gasteiger partial charge in [0.05, 0.1) is 11.9 Å². The third kappa shape index (κ3) is 4.13. The summed E-state index contributed by atoms with van der Waals surface area (Å²) in [4.78, 5) is 29.8. The largest absolute Gasteiger partial charge is 0.283 e. The first-order chi connectivity index (χ1) is 14.6. The van der Waals surface area contributed by atoms with Crippen LogP contribution in [0.5, 0.6) is 0 Å². The molecule has 1 fully saturated rings. The van der Waals surface area contributed by atoms with E-state index >= 15 is 0 Å². The Kier molecular flexibility index (Phi) is 5.92. The van der Waals surface area contributed by atoms with Crippen LogP contribution in [-0.4, -0.2) is 25.3 Å². The van der Waals surface area contributed by atoms with Gasteiger partial charge in [0.25, 0.3) is 5.56 Å². The highest BCUT2D eigenvalue weighted by molar-refractivity contribution is 5.86. The summed E-state index contributed by atoms with van der Waals surface area (Å²) >= 11 is 0. The fraction of sp³-hybridized carbons (Fsp3) is 0.455. The Balaban J connectivity index is 1.48. The number of aromatic nitrogens is 4. The molecule has 0 atom stereocenters. The monoisotopic (exact) mass is 411 g/mol. The fourth-order valence-corrected chi connectivity index (χ4v) is 4.18. The topological polar surface area (TPSA) is 81.8 Å². The maximum Gasteiger partial charge on any atom is 0.283 e. The number of unbranched alkanes of at least 4 members (excludes halogenated alkanes) is 1. The number of hydrogen-bond donors (Lipinski definition) is 1. The minimum Gasteiger partial charge on any atom is -0.273 e. The van der Waals surface area contributed by atoms with Crippen LogP contribution in [0.15, 0.2) is 41.6 Å². The van der Waals surface area contributed by atoms with E-state index in [4.69, 9.17) is 0 Å². The second kappa shape index (κ2) is 8.77. The molecule has 1 saturated carbocycles.